The predicted octanol–water partition coefficient (Wildman–Crippen LogP) is 4.40. The Morgan fingerprint density at radius 2 is 1.80 bits per heavy atom. The number of nitriles is 1. The highest BCUT2D eigenvalue weighted by Gasteiger charge is 2.24. The van der Waals surface area contributed by atoms with E-state index in [2.05, 4.69) is 29.2 Å². The van der Waals surface area contributed by atoms with E-state index in [1.54, 1.807) is 0 Å². The van der Waals surface area contributed by atoms with E-state index >= 15 is 0 Å². The van der Waals surface area contributed by atoms with E-state index in [0.29, 0.717) is 11.6 Å². The molecule has 25 heavy (non-hydrogen) atoms. The Balaban J connectivity index is 1.59. The second kappa shape index (κ2) is 7.29. The van der Waals surface area contributed by atoms with Crippen LogP contribution in [0.15, 0.2) is 42.5 Å². The lowest BCUT2D eigenvalue weighted by molar-refractivity contribution is 0.122. The van der Waals surface area contributed by atoms with Crippen LogP contribution in [-0.2, 0) is 6.42 Å². The van der Waals surface area contributed by atoms with Crippen molar-refractivity contribution < 1.29 is 4.74 Å². The summed E-state index contributed by atoms with van der Waals surface area (Å²) in [6.07, 6.45) is 6.30. The average Bonchev–Trinajstić information content (AvgIpc) is 2.76. The van der Waals surface area contributed by atoms with Crippen molar-refractivity contribution in [2.24, 2.45) is 0 Å². The lowest BCUT2D eigenvalue weighted by atomic mass is 9.94. The molecule has 2 aliphatic heterocycles. The van der Waals surface area contributed by atoms with Gasteiger partial charge in [0.15, 0.2) is 0 Å². The van der Waals surface area contributed by atoms with E-state index in [-0.39, 0.29) is 0 Å². The molecule has 128 valence electrons. The molecule has 2 aromatic carbocycles. The number of aryl methyl sites for hydroxylation is 1. The van der Waals surface area contributed by atoms with Gasteiger partial charge in [-0.1, -0.05) is 24.6 Å². The molecule has 0 N–H and O–H groups in total. The number of piperidine rings is 1. The minimum absolute atomic E-state index is 0.701. The van der Waals surface area contributed by atoms with Crippen molar-refractivity contribution in [1.82, 2.24) is 4.90 Å². The largest absolute Gasteiger partial charge is 0.492 e. The fourth-order valence-corrected chi connectivity index (χ4v) is 4.11. The van der Waals surface area contributed by atoms with Gasteiger partial charge in [-0.3, -0.25) is 4.90 Å². The first kappa shape index (κ1) is 16.2. The summed E-state index contributed by atoms with van der Waals surface area (Å²) in [7, 11) is 0. The van der Waals surface area contributed by atoms with Gasteiger partial charge in [-0.15, -0.1) is 0 Å². The van der Waals surface area contributed by atoms with Crippen LogP contribution in [-0.4, -0.2) is 30.6 Å². The molecule has 0 aromatic heterocycles. The summed E-state index contributed by atoms with van der Waals surface area (Å²) in [5.74, 6) is 1.04. The summed E-state index contributed by atoms with van der Waals surface area (Å²) >= 11 is 0. The van der Waals surface area contributed by atoms with Gasteiger partial charge in [-0.2, -0.15) is 5.26 Å². The molecule has 4 rings (SSSR count). The molecule has 2 heterocycles. The molecule has 1 saturated heterocycles. The second-order valence-electron chi connectivity index (χ2n) is 7.08. The van der Waals surface area contributed by atoms with Crippen molar-refractivity contribution in [3.05, 3.63) is 53.6 Å². The number of nitrogens with zero attached hydrogens (tertiary/aromatic N) is 2. The molecule has 0 aliphatic carbocycles. The number of ether oxygens (including phenoxy) is 1. The third-order valence-corrected chi connectivity index (χ3v) is 5.54. The summed E-state index contributed by atoms with van der Waals surface area (Å²) < 4.78 is 6.10. The van der Waals surface area contributed by atoms with Crippen LogP contribution in [0.5, 0.6) is 5.75 Å². The van der Waals surface area contributed by atoms with E-state index < -0.39 is 0 Å². The lowest BCUT2D eigenvalue weighted by Crippen LogP contribution is -2.41. The predicted molar refractivity (Wildman–Crippen MR) is 99.6 cm³/mol. The molecule has 2 aliphatic rings. The highest BCUT2D eigenvalue weighted by molar-refractivity contribution is 5.66. The number of rotatable bonds is 1. The Morgan fingerprint density at radius 3 is 2.64 bits per heavy atom. The molecule has 0 saturated carbocycles. The molecular formula is C22H24N2O. The smallest absolute Gasteiger partial charge is 0.122 e. The summed E-state index contributed by atoms with van der Waals surface area (Å²) in [5.41, 5.74) is 4.37. The Morgan fingerprint density at radius 1 is 0.960 bits per heavy atom. The molecule has 0 amide bonds. The van der Waals surface area contributed by atoms with Crippen LogP contribution >= 0.6 is 0 Å². The molecule has 3 heteroatoms. The van der Waals surface area contributed by atoms with Crippen molar-refractivity contribution in [3.8, 4) is 22.9 Å². The average molecular weight is 332 g/mol. The summed E-state index contributed by atoms with van der Waals surface area (Å²) in [6.45, 7) is 3.04. The van der Waals surface area contributed by atoms with Gasteiger partial charge in [0.2, 0.25) is 0 Å². The molecular weight excluding hydrogens is 308 g/mol. The Kier molecular flexibility index (Phi) is 4.72. The van der Waals surface area contributed by atoms with E-state index in [9.17, 15) is 0 Å². The van der Waals surface area contributed by atoms with Crippen molar-refractivity contribution in [1.29, 1.82) is 5.26 Å². The van der Waals surface area contributed by atoms with Crippen molar-refractivity contribution in [2.75, 3.05) is 19.7 Å². The molecule has 0 radical (unpaired) electrons. The third kappa shape index (κ3) is 3.55. The number of hydrogen-bond acceptors (Lipinski definition) is 3. The molecule has 0 bridgehead atoms. The first-order valence-corrected chi connectivity index (χ1v) is 9.34. The van der Waals surface area contributed by atoms with Crippen molar-refractivity contribution in [3.63, 3.8) is 0 Å². The van der Waals surface area contributed by atoms with Gasteiger partial charge in [0.1, 0.15) is 12.4 Å². The Labute approximate surface area is 149 Å². The topological polar surface area (TPSA) is 36.3 Å². The van der Waals surface area contributed by atoms with E-state index in [0.717, 1.165) is 30.9 Å². The zero-order chi connectivity index (χ0) is 17.1. The van der Waals surface area contributed by atoms with Crippen LogP contribution in [0.1, 0.15) is 36.8 Å². The summed E-state index contributed by atoms with van der Waals surface area (Å²) in [5, 5.41) is 8.97. The van der Waals surface area contributed by atoms with Crippen LogP contribution in [0.2, 0.25) is 0 Å². The standard InChI is InChI=1S/C22H24N2O/c23-16-17-4-6-18(7-5-17)19-9-11-22-20(15-19)8-10-21-3-1-2-12-24(21)13-14-25-22/h4-7,9,11,15,21H,1-3,8,10,12-14H2/t21-/m1/s1. The SMILES string of the molecule is N#Cc1ccc(-c2ccc3c(c2)CC[C@H]2CCCCN2CCO3)cc1. The lowest BCUT2D eigenvalue weighted by Gasteiger charge is -2.35. The van der Waals surface area contributed by atoms with Gasteiger partial charge in [-0.25, -0.2) is 0 Å². The third-order valence-electron chi connectivity index (χ3n) is 5.54. The number of fused-ring (bicyclic) bond motifs is 2. The first-order valence-electron chi connectivity index (χ1n) is 9.34. The number of hydrogen-bond donors (Lipinski definition) is 0. The van der Waals surface area contributed by atoms with Gasteiger partial charge < -0.3 is 4.74 Å². The van der Waals surface area contributed by atoms with Gasteiger partial charge in [-0.05, 0) is 73.2 Å². The Bertz CT molecular complexity index is 776. The van der Waals surface area contributed by atoms with Gasteiger partial charge >= 0.3 is 0 Å². The monoisotopic (exact) mass is 332 g/mol. The van der Waals surface area contributed by atoms with E-state index in [1.807, 2.05) is 24.3 Å². The van der Waals surface area contributed by atoms with Crippen LogP contribution in [0.3, 0.4) is 0 Å². The highest BCUT2D eigenvalue weighted by Crippen LogP contribution is 2.31. The fraction of sp³-hybridized carbons (Fsp3) is 0.409. The van der Waals surface area contributed by atoms with Crippen molar-refractivity contribution >= 4 is 0 Å². The summed E-state index contributed by atoms with van der Waals surface area (Å²) in [4.78, 5) is 2.62. The van der Waals surface area contributed by atoms with Crippen molar-refractivity contribution in [2.45, 2.75) is 38.1 Å². The molecule has 1 fully saturated rings. The molecule has 1 atom stereocenters. The molecule has 0 spiro atoms. The van der Waals surface area contributed by atoms with Crippen LogP contribution in [0.25, 0.3) is 11.1 Å². The quantitative estimate of drug-likeness (QED) is 0.776. The zero-order valence-electron chi connectivity index (χ0n) is 14.6. The maximum Gasteiger partial charge on any atom is 0.122 e. The van der Waals surface area contributed by atoms with Gasteiger partial charge in [0.05, 0.1) is 11.6 Å². The molecule has 2 aromatic rings. The maximum atomic E-state index is 8.97. The molecule has 3 nitrogen and oxygen atoms in total. The van der Waals surface area contributed by atoms with Crippen LogP contribution in [0.4, 0.5) is 0 Å². The first-order chi connectivity index (χ1) is 12.3. The maximum absolute atomic E-state index is 8.97. The molecule has 0 unspecified atom stereocenters. The van der Waals surface area contributed by atoms with Gasteiger partial charge in [0, 0.05) is 12.6 Å². The van der Waals surface area contributed by atoms with Crippen LogP contribution < -0.4 is 4.74 Å². The van der Waals surface area contributed by atoms with E-state index in [1.165, 1.54) is 43.4 Å². The highest BCUT2D eigenvalue weighted by atomic mass is 16.5. The zero-order valence-corrected chi connectivity index (χ0v) is 14.6. The van der Waals surface area contributed by atoms with E-state index in [4.69, 9.17) is 10.00 Å². The minimum Gasteiger partial charge on any atom is -0.492 e. The van der Waals surface area contributed by atoms with Crippen LogP contribution in [0, 0.1) is 11.3 Å². The number of benzene rings is 2. The fourth-order valence-electron chi connectivity index (χ4n) is 4.11. The Hall–Kier alpha value is -2.31. The summed E-state index contributed by atoms with van der Waals surface area (Å²) in [6, 6.07) is 17.2. The minimum atomic E-state index is 0.701. The normalized spacial score (nSPS) is 20.8. The van der Waals surface area contributed by atoms with Gasteiger partial charge in [0.25, 0.3) is 0 Å². The second-order valence-corrected chi connectivity index (χ2v) is 7.08.